The Morgan fingerprint density at radius 3 is 2.27 bits per heavy atom. The number of allylic oxidation sites excluding steroid dienone is 1. The van der Waals surface area contributed by atoms with Crippen LogP contribution in [-0.2, 0) is 0 Å². The summed E-state index contributed by atoms with van der Waals surface area (Å²) in [4.78, 5) is 7.95. The molecule has 0 aliphatic heterocycles. The minimum atomic E-state index is 0.422. The van der Waals surface area contributed by atoms with Crippen LogP contribution >= 0.6 is 0 Å². The van der Waals surface area contributed by atoms with Gasteiger partial charge in [0.25, 0.3) is 0 Å². The summed E-state index contributed by atoms with van der Waals surface area (Å²) < 4.78 is 0. The Kier molecular flexibility index (Phi) is 4.42. The highest BCUT2D eigenvalue weighted by Gasteiger charge is 2.03. The fourth-order valence-electron chi connectivity index (χ4n) is 0.872. The number of rotatable bonds is 3. The normalized spacial score (nSPS) is 13.0. The molecule has 0 unspecified atom stereocenters. The molecule has 2 nitrogen and oxygen atoms in total. The van der Waals surface area contributed by atoms with Crippen LogP contribution in [0.2, 0.25) is 0 Å². The predicted molar refractivity (Wildman–Crippen MR) is 51.5 cm³/mol. The van der Waals surface area contributed by atoms with Gasteiger partial charge in [0.05, 0.1) is 0 Å². The maximum atomic E-state index is 4.17. The van der Waals surface area contributed by atoms with E-state index in [1.54, 1.807) is 13.4 Å². The van der Waals surface area contributed by atoms with Crippen LogP contribution in [0.15, 0.2) is 22.1 Å². The predicted octanol–water partition coefficient (Wildman–Crippen LogP) is 2.32. The monoisotopic (exact) mass is 152 g/mol. The van der Waals surface area contributed by atoms with Gasteiger partial charge in [0.1, 0.15) is 6.34 Å². The number of aliphatic imine (C=N–C) groups is 2. The van der Waals surface area contributed by atoms with Crippen LogP contribution in [0.3, 0.4) is 0 Å². The summed E-state index contributed by atoms with van der Waals surface area (Å²) in [5.41, 5.74) is 2.04. The lowest BCUT2D eigenvalue weighted by Crippen LogP contribution is -2.08. The standard InChI is InChI=1S/C9H16N2/c1-7(2)9(8(3)4)11-6-10-5/h6,8H,1H2,2-5H3/b10-6-,11-9+. The maximum absolute atomic E-state index is 4.17. The van der Waals surface area contributed by atoms with Crippen LogP contribution in [0.4, 0.5) is 0 Å². The van der Waals surface area contributed by atoms with E-state index in [1.807, 2.05) is 6.92 Å². The molecule has 0 heterocycles. The van der Waals surface area contributed by atoms with E-state index in [1.165, 1.54) is 0 Å². The SMILES string of the molecule is C=C(C)/C(=N\C=N/C)C(C)C. The Hall–Kier alpha value is -0.920. The van der Waals surface area contributed by atoms with Gasteiger partial charge >= 0.3 is 0 Å². The van der Waals surface area contributed by atoms with Crippen molar-refractivity contribution in [2.24, 2.45) is 15.9 Å². The fraction of sp³-hybridized carbons (Fsp3) is 0.556. The molecule has 0 spiro atoms. The van der Waals surface area contributed by atoms with Gasteiger partial charge in [0.15, 0.2) is 0 Å². The summed E-state index contributed by atoms with van der Waals surface area (Å²) in [5, 5.41) is 0. The Morgan fingerprint density at radius 2 is 2.00 bits per heavy atom. The Balaban J connectivity index is 4.46. The van der Waals surface area contributed by atoms with Gasteiger partial charge in [-0.15, -0.1) is 0 Å². The van der Waals surface area contributed by atoms with Crippen molar-refractivity contribution < 1.29 is 0 Å². The van der Waals surface area contributed by atoms with Gasteiger partial charge in [-0.25, -0.2) is 4.99 Å². The molecule has 0 atom stereocenters. The van der Waals surface area contributed by atoms with Gasteiger partial charge in [0, 0.05) is 12.8 Å². The lowest BCUT2D eigenvalue weighted by molar-refractivity contribution is 0.884. The third-order valence-electron chi connectivity index (χ3n) is 1.30. The van der Waals surface area contributed by atoms with E-state index in [4.69, 9.17) is 0 Å². The molecule has 0 aliphatic rings. The van der Waals surface area contributed by atoms with Crippen molar-refractivity contribution in [1.82, 2.24) is 0 Å². The molecule has 0 radical (unpaired) electrons. The van der Waals surface area contributed by atoms with Gasteiger partial charge in [0.2, 0.25) is 0 Å². The van der Waals surface area contributed by atoms with E-state index >= 15 is 0 Å². The van der Waals surface area contributed by atoms with Crippen LogP contribution in [-0.4, -0.2) is 19.1 Å². The Morgan fingerprint density at radius 1 is 1.45 bits per heavy atom. The lowest BCUT2D eigenvalue weighted by Gasteiger charge is -2.06. The maximum Gasteiger partial charge on any atom is 0.109 e. The molecule has 11 heavy (non-hydrogen) atoms. The molecular formula is C9H16N2. The molecule has 0 aliphatic carbocycles. The largest absolute Gasteiger partial charge is 0.277 e. The first-order valence-electron chi connectivity index (χ1n) is 3.73. The second kappa shape index (κ2) is 4.83. The van der Waals surface area contributed by atoms with Crippen molar-refractivity contribution in [3.8, 4) is 0 Å². The van der Waals surface area contributed by atoms with Crippen LogP contribution in [0.25, 0.3) is 0 Å². The zero-order valence-electron chi connectivity index (χ0n) is 7.76. The summed E-state index contributed by atoms with van der Waals surface area (Å²) in [7, 11) is 1.71. The molecule has 0 rings (SSSR count). The van der Waals surface area contributed by atoms with Crippen molar-refractivity contribution in [2.45, 2.75) is 20.8 Å². The third-order valence-corrected chi connectivity index (χ3v) is 1.30. The smallest absolute Gasteiger partial charge is 0.109 e. The van der Waals surface area contributed by atoms with Crippen molar-refractivity contribution in [3.05, 3.63) is 12.2 Å². The zero-order valence-corrected chi connectivity index (χ0v) is 7.76. The first kappa shape index (κ1) is 10.1. The first-order valence-corrected chi connectivity index (χ1v) is 3.73. The quantitative estimate of drug-likeness (QED) is 0.438. The second-order valence-electron chi connectivity index (χ2n) is 2.82. The van der Waals surface area contributed by atoms with Crippen molar-refractivity contribution in [2.75, 3.05) is 7.05 Å². The Bertz CT molecular complexity index is 188. The molecular weight excluding hydrogens is 136 g/mol. The minimum absolute atomic E-state index is 0.422. The van der Waals surface area contributed by atoms with E-state index in [0.717, 1.165) is 11.3 Å². The molecule has 0 N–H and O–H groups in total. The lowest BCUT2D eigenvalue weighted by atomic mass is 10.0. The van der Waals surface area contributed by atoms with Gasteiger partial charge in [-0.2, -0.15) is 0 Å². The molecule has 0 aromatic rings. The molecule has 0 saturated heterocycles. The minimum Gasteiger partial charge on any atom is -0.277 e. The summed E-state index contributed by atoms with van der Waals surface area (Å²) >= 11 is 0. The van der Waals surface area contributed by atoms with Gasteiger partial charge in [-0.3, -0.25) is 4.99 Å². The number of hydrogen-bond acceptors (Lipinski definition) is 1. The zero-order chi connectivity index (χ0) is 8.85. The molecule has 0 fully saturated rings. The average Bonchev–Trinajstić information content (AvgIpc) is 1.87. The van der Waals surface area contributed by atoms with Crippen molar-refractivity contribution in [3.63, 3.8) is 0 Å². The van der Waals surface area contributed by atoms with Crippen LogP contribution in [0.5, 0.6) is 0 Å². The summed E-state index contributed by atoms with van der Waals surface area (Å²) in [6.45, 7) is 9.99. The van der Waals surface area contributed by atoms with Crippen molar-refractivity contribution in [1.29, 1.82) is 0 Å². The molecule has 0 saturated carbocycles. The van der Waals surface area contributed by atoms with E-state index in [9.17, 15) is 0 Å². The fourth-order valence-corrected chi connectivity index (χ4v) is 0.872. The van der Waals surface area contributed by atoms with Crippen LogP contribution in [0.1, 0.15) is 20.8 Å². The summed E-state index contributed by atoms with van der Waals surface area (Å²) in [6.07, 6.45) is 1.56. The van der Waals surface area contributed by atoms with Crippen LogP contribution < -0.4 is 0 Å². The molecule has 62 valence electrons. The van der Waals surface area contributed by atoms with E-state index in [0.29, 0.717) is 5.92 Å². The Labute approximate surface area is 68.8 Å². The number of hydrogen-bond donors (Lipinski definition) is 0. The van der Waals surface area contributed by atoms with Gasteiger partial charge in [-0.1, -0.05) is 20.4 Å². The van der Waals surface area contributed by atoms with Crippen LogP contribution in [0, 0.1) is 5.92 Å². The van der Waals surface area contributed by atoms with E-state index in [2.05, 4.69) is 30.4 Å². The molecule has 0 aromatic heterocycles. The van der Waals surface area contributed by atoms with E-state index in [-0.39, 0.29) is 0 Å². The molecule has 0 bridgehead atoms. The third kappa shape index (κ3) is 3.71. The second-order valence-corrected chi connectivity index (χ2v) is 2.82. The highest BCUT2D eigenvalue weighted by atomic mass is 14.8. The van der Waals surface area contributed by atoms with E-state index < -0.39 is 0 Å². The topological polar surface area (TPSA) is 24.7 Å². The highest BCUT2D eigenvalue weighted by Crippen LogP contribution is 2.04. The number of nitrogens with zero attached hydrogens (tertiary/aromatic N) is 2. The molecule has 0 amide bonds. The molecule has 0 aromatic carbocycles. The highest BCUT2D eigenvalue weighted by molar-refractivity contribution is 6.03. The van der Waals surface area contributed by atoms with Gasteiger partial charge in [-0.05, 0) is 18.4 Å². The summed E-state index contributed by atoms with van der Waals surface area (Å²) in [6, 6.07) is 0. The molecule has 2 heteroatoms. The summed E-state index contributed by atoms with van der Waals surface area (Å²) in [5.74, 6) is 0.422. The van der Waals surface area contributed by atoms with Crippen molar-refractivity contribution >= 4 is 12.1 Å². The average molecular weight is 152 g/mol. The first-order chi connectivity index (χ1) is 5.09. The van der Waals surface area contributed by atoms with Gasteiger partial charge < -0.3 is 0 Å².